The number of pyridine rings is 2. The highest BCUT2D eigenvalue weighted by molar-refractivity contribution is 6.12. The molecule has 45 heavy (non-hydrogen) atoms. The van der Waals surface area contributed by atoms with Crippen LogP contribution >= 0.6 is 0 Å². The Morgan fingerprint density at radius 1 is 1.00 bits per heavy atom. The van der Waals surface area contributed by atoms with Gasteiger partial charge in [-0.15, -0.1) is 0 Å². The Kier molecular flexibility index (Phi) is 7.76. The van der Waals surface area contributed by atoms with Crippen LogP contribution in [0.2, 0.25) is 0 Å². The van der Waals surface area contributed by atoms with E-state index in [1.807, 2.05) is 6.07 Å². The maximum absolute atomic E-state index is 14.9. The number of halogens is 4. The summed E-state index contributed by atoms with van der Waals surface area (Å²) in [7, 11) is 0. The number of rotatable bonds is 6. The van der Waals surface area contributed by atoms with E-state index in [4.69, 9.17) is 0 Å². The summed E-state index contributed by atoms with van der Waals surface area (Å²) in [4.78, 5) is 52.9. The highest BCUT2D eigenvalue weighted by Crippen LogP contribution is 2.46. The molecular formula is C32H28F4N6O3. The van der Waals surface area contributed by atoms with E-state index in [1.54, 1.807) is 0 Å². The van der Waals surface area contributed by atoms with Gasteiger partial charge in [-0.3, -0.25) is 29.2 Å². The summed E-state index contributed by atoms with van der Waals surface area (Å²) < 4.78 is 57.5. The minimum Gasteiger partial charge on any atom is -0.351 e. The van der Waals surface area contributed by atoms with Gasteiger partial charge in [0.25, 0.3) is 11.8 Å². The Morgan fingerprint density at radius 2 is 1.78 bits per heavy atom. The number of nitriles is 1. The number of hydrogen-bond donors (Lipinski definition) is 1. The topological polar surface area (TPSA) is 119 Å². The van der Waals surface area contributed by atoms with Gasteiger partial charge in [0.15, 0.2) is 5.54 Å². The second-order valence-corrected chi connectivity index (χ2v) is 11.6. The number of aryl methyl sites for hydroxylation is 1. The third-order valence-corrected chi connectivity index (χ3v) is 8.87. The van der Waals surface area contributed by atoms with Gasteiger partial charge in [0.1, 0.15) is 23.5 Å². The lowest BCUT2D eigenvalue weighted by Gasteiger charge is -2.43. The number of anilines is 2. The van der Waals surface area contributed by atoms with E-state index < -0.39 is 65.7 Å². The van der Waals surface area contributed by atoms with Crippen LogP contribution in [0.4, 0.5) is 29.1 Å². The number of nitrogens with one attached hydrogen (secondary N) is 1. The summed E-state index contributed by atoms with van der Waals surface area (Å²) in [6.07, 6.45) is 2.75. The van der Waals surface area contributed by atoms with Gasteiger partial charge in [-0.25, -0.2) is 22.5 Å². The van der Waals surface area contributed by atoms with E-state index in [-0.39, 0.29) is 61.2 Å². The summed E-state index contributed by atoms with van der Waals surface area (Å²) in [5.41, 5.74) is -1.11. The molecule has 2 aromatic heterocycles. The van der Waals surface area contributed by atoms with Crippen LogP contribution in [0.15, 0.2) is 55.0 Å². The molecule has 0 spiro atoms. The van der Waals surface area contributed by atoms with E-state index in [1.165, 1.54) is 36.7 Å². The van der Waals surface area contributed by atoms with Gasteiger partial charge in [0, 0.05) is 37.6 Å². The highest BCUT2D eigenvalue weighted by atomic mass is 19.3. The Bertz CT molecular complexity index is 1720. The third-order valence-electron chi connectivity index (χ3n) is 8.87. The van der Waals surface area contributed by atoms with Crippen molar-refractivity contribution in [1.82, 2.24) is 15.3 Å². The maximum atomic E-state index is 14.9. The number of benzene rings is 1. The molecule has 0 bridgehead atoms. The molecule has 2 atom stereocenters. The molecule has 232 valence electrons. The number of amides is 3. The predicted molar refractivity (Wildman–Crippen MR) is 153 cm³/mol. The van der Waals surface area contributed by atoms with Crippen molar-refractivity contribution in [3.05, 3.63) is 83.3 Å². The van der Waals surface area contributed by atoms with Crippen molar-refractivity contribution >= 4 is 29.2 Å². The summed E-state index contributed by atoms with van der Waals surface area (Å²) in [6.45, 7) is 0. The number of nitrogens with zero attached hydrogens (tertiary/aromatic N) is 5. The zero-order valence-electron chi connectivity index (χ0n) is 24.0. The quantitative estimate of drug-likeness (QED) is 0.400. The molecule has 6 rings (SSSR count). The van der Waals surface area contributed by atoms with Gasteiger partial charge < -0.3 is 5.32 Å². The van der Waals surface area contributed by atoms with Crippen LogP contribution in [0.1, 0.15) is 61.6 Å². The Balaban J connectivity index is 1.49. The molecule has 0 radical (unpaired) electrons. The van der Waals surface area contributed by atoms with Crippen molar-refractivity contribution in [3.63, 3.8) is 0 Å². The smallest absolute Gasteiger partial charge is 0.251 e. The standard InChI is InChI=1S/C32H28F4N6O3/c33-21-2-1-20-5-11-32(25(20)15-21,30(45)40-23-6-9-31(35,36)10-7-23)42(24-14-22(34)17-38-18-24)29(44)26-3-4-28(43)41(26)27-13-19(16-37)8-12-39-27/h1-2,8,12-15,17-18,23,26H,3-7,9-11H2,(H,40,45)/t26?,32-/m0/s1. The molecule has 13 heteroatoms. The molecule has 9 nitrogen and oxygen atoms in total. The molecule has 1 N–H and O–H groups in total. The number of fused-ring (bicyclic) bond motifs is 1. The van der Waals surface area contributed by atoms with Gasteiger partial charge in [-0.1, -0.05) is 6.07 Å². The molecular weight excluding hydrogens is 592 g/mol. The molecule has 1 saturated heterocycles. The SMILES string of the molecule is N#Cc1ccnc(N2C(=O)CCC2C(=O)N(c2cncc(F)c2)[C@@]2(C(=O)NC3CCC(F)(F)CC3)CCc3ccc(F)cc32)c1. The van der Waals surface area contributed by atoms with Gasteiger partial charge in [-0.05, 0) is 67.5 Å². The first-order chi connectivity index (χ1) is 21.5. The van der Waals surface area contributed by atoms with Crippen LogP contribution in [-0.2, 0) is 26.3 Å². The first-order valence-corrected chi connectivity index (χ1v) is 14.6. The average Bonchev–Trinajstić information content (AvgIpc) is 3.59. The number of hydrogen-bond acceptors (Lipinski definition) is 6. The van der Waals surface area contributed by atoms with Crippen molar-refractivity contribution in [3.8, 4) is 6.07 Å². The zero-order valence-corrected chi connectivity index (χ0v) is 24.0. The van der Waals surface area contributed by atoms with Gasteiger partial charge in [0.05, 0.1) is 29.7 Å². The van der Waals surface area contributed by atoms with E-state index in [0.717, 1.165) is 28.1 Å². The molecule has 3 aromatic rings. The van der Waals surface area contributed by atoms with Crippen molar-refractivity contribution in [2.45, 2.75) is 74.9 Å². The summed E-state index contributed by atoms with van der Waals surface area (Å²) in [5, 5.41) is 12.3. The summed E-state index contributed by atoms with van der Waals surface area (Å²) in [6, 6.07) is 7.82. The van der Waals surface area contributed by atoms with E-state index in [0.29, 0.717) is 5.56 Å². The lowest BCUT2D eigenvalue weighted by Crippen LogP contribution is -2.62. The largest absolute Gasteiger partial charge is 0.351 e. The van der Waals surface area contributed by atoms with Gasteiger partial charge in [-0.2, -0.15) is 5.26 Å². The first kappa shape index (κ1) is 30.2. The van der Waals surface area contributed by atoms with Crippen LogP contribution < -0.4 is 15.1 Å². The number of carbonyl (C=O) groups excluding carboxylic acids is 3. The van der Waals surface area contributed by atoms with E-state index in [2.05, 4.69) is 15.3 Å². The third kappa shape index (κ3) is 5.49. The molecule has 3 heterocycles. The number of carbonyl (C=O) groups is 3. The van der Waals surface area contributed by atoms with Gasteiger partial charge >= 0.3 is 0 Å². The molecule has 2 fully saturated rings. The predicted octanol–water partition coefficient (Wildman–Crippen LogP) is 4.69. The first-order valence-electron chi connectivity index (χ1n) is 14.6. The zero-order chi connectivity index (χ0) is 31.9. The fourth-order valence-electron chi connectivity index (χ4n) is 6.69. The summed E-state index contributed by atoms with van der Waals surface area (Å²) in [5.74, 6) is -6.26. The van der Waals surface area contributed by atoms with Crippen LogP contribution in [0.3, 0.4) is 0 Å². The molecule has 1 saturated carbocycles. The Morgan fingerprint density at radius 3 is 2.51 bits per heavy atom. The number of aromatic nitrogens is 2. The minimum absolute atomic E-state index is 0.00784. The average molecular weight is 621 g/mol. The van der Waals surface area contributed by atoms with Crippen molar-refractivity contribution in [2.24, 2.45) is 0 Å². The normalized spacial score (nSPS) is 22.5. The minimum atomic E-state index is -2.85. The number of alkyl halides is 2. The van der Waals surface area contributed by atoms with Crippen LogP contribution in [0, 0.1) is 23.0 Å². The second-order valence-electron chi connectivity index (χ2n) is 11.6. The van der Waals surface area contributed by atoms with Crippen LogP contribution in [0.5, 0.6) is 0 Å². The molecule has 3 aliphatic rings. The van der Waals surface area contributed by atoms with Crippen LogP contribution in [-0.4, -0.2) is 45.7 Å². The monoisotopic (exact) mass is 620 g/mol. The lowest BCUT2D eigenvalue weighted by atomic mass is 9.85. The summed E-state index contributed by atoms with van der Waals surface area (Å²) >= 11 is 0. The fourth-order valence-corrected chi connectivity index (χ4v) is 6.69. The molecule has 2 aliphatic carbocycles. The Hall–Kier alpha value is -4.86. The lowest BCUT2D eigenvalue weighted by molar-refractivity contribution is -0.132. The molecule has 3 amide bonds. The van der Waals surface area contributed by atoms with Gasteiger partial charge in [0.2, 0.25) is 11.8 Å². The molecule has 1 aromatic carbocycles. The van der Waals surface area contributed by atoms with Crippen molar-refractivity contribution < 1.29 is 31.9 Å². The van der Waals surface area contributed by atoms with E-state index >= 15 is 0 Å². The molecule has 1 aliphatic heterocycles. The molecule has 1 unspecified atom stereocenters. The van der Waals surface area contributed by atoms with Crippen LogP contribution in [0.25, 0.3) is 0 Å². The Labute approximate surface area is 255 Å². The van der Waals surface area contributed by atoms with E-state index in [9.17, 15) is 37.2 Å². The second kappa shape index (κ2) is 11.6. The van der Waals surface area contributed by atoms with Crippen molar-refractivity contribution in [2.75, 3.05) is 9.80 Å². The fraction of sp³-hybridized carbons (Fsp3) is 0.375. The van der Waals surface area contributed by atoms with Crippen molar-refractivity contribution in [1.29, 1.82) is 5.26 Å². The maximum Gasteiger partial charge on any atom is 0.251 e. The highest BCUT2D eigenvalue weighted by Gasteiger charge is 2.56.